The molecule has 2 unspecified atom stereocenters. The molecule has 0 aromatic heterocycles. The van der Waals surface area contributed by atoms with Crippen LogP contribution in [-0.4, -0.2) is 74.9 Å². The molecule has 0 aromatic rings. The van der Waals surface area contributed by atoms with Gasteiger partial charge in [0, 0.05) is 12.8 Å². The summed E-state index contributed by atoms with van der Waals surface area (Å²) in [5, 5.41) is 0. The fourth-order valence-electron chi connectivity index (χ4n) is 8.67. The van der Waals surface area contributed by atoms with Gasteiger partial charge in [0.2, 0.25) is 0 Å². The van der Waals surface area contributed by atoms with Crippen molar-refractivity contribution in [3.8, 4) is 0 Å². The number of nitrogens with zero attached hydrogens (tertiary/aromatic N) is 1. The van der Waals surface area contributed by atoms with Gasteiger partial charge < -0.3 is 18.9 Å². The van der Waals surface area contributed by atoms with E-state index in [0.29, 0.717) is 17.4 Å². The third kappa shape index (κ3) is 52.4. The summed E-state index contributed by atoms with van der Waals surface area (Å²) >= 11 is 0. The van der Waals surface area contributed by atoms with Crippen LogP contribution in [0.2, 0.25) is 0 Å². The number of carbonyl (C=O) groups is 2. The summed E-state index contributed by atoms with van der Waals surface area (Å²) in [6.07, 6.45) is 55.2. The second-order valence-electron chi connectivity index (χ2n) is 21.0. The number of hydrogen-bond donors (Lipinski definition) is 1. The van der Waals surface area contributed by atoms with Gasteiger partial charge in [0.05, 0.1) is 27.7 Å². The Morgan fingerprint density at radius 2 is 0.682 bits per heavy atom. The van der Waals surface area contributed by atoms with Crippen LogP contribution in [0.25, 0.3) is 0 Å². The van der Waals surface area contributed by atoms with Gasteiger partial charge in [-0.05, 0) is 12.8 Å². The number of phosphoric acid groups is 1. The van der Waals surface area contributed by atoms with E-state index in [1.165, 1.54) is 231 Å². The molecule has 10 heteroatoms. The summed E-state index contributed by atoms with van der Waals surface area (Å²) in [6, 6.07) is 0. The third-order valence-electron chi connectivity index (χ3n) is 13.1. The minimum absolute atomic E-state index is 0.0366. The van der Waals surface area contributed by atoms with Gasteiger partial charge in [-0.3, -0.25) is 18.6 Å². The van der Waals surface area contributed by atoms with Crippen molar-refractivity contribution in [3.63, 3.8) is 0 Å². The molecule has 0 aliphatic heterocycles. The number of hydrogen-bond acceptors (Lipinski definition) is 7. The minimum atomic E-state index is -4.37. The highest BCUT2D eigenvalue weighted by atomic mass is 31.2. The smallest absolute Gasteiger partial charge is 0.462 e. The van der Waals surface area contributed by atoms with Crippen molar-refractivity contribution in [3.05, 3.63) is 0 Å². The molecule has 0 amide bonds. The van der Waals surface area contributed by atoms with E-state index >= 15 is 0 Å². The second kappa shape index (κ2) is 49.0. The van der Waals surface area contributed by atoms with Crippen molar-refractivity contribution in [2.45, 2.75) is 302 Å². The zero-order valence-corrected chi connectivity index (χ0v) is 45.6. The first kappa shape index (κ1) is 65.0. The molecule has 0 spiro atoms. The Morgan fingerprint density at radius 1 is 0.409 bits per heavy atom. The first-order chi connectivity index (χ1) is 32.0. The first-order valence-electron chi connectivity index (χ1n) is 28.8. The van der Waals surface area contributed by atoms with Crippen molar-refractivity contribution >= 4 is 19.8 Å². The fourth-order valence-corrected chi connectivity index (χ4v) is 9.41. The summed E-state index contributed by atoms with van der Waals surface area (Å²) in [7, 11) is 1.50. The maximum atomic E-state index is 12.7. The summed E-state index contributed by atoms with van der Waals surface area (Å²) in [6.45, 7) is 4.43. The van der Waals surface area contributed by atoms with Crippen molar-refractivity contribution in [1.82, 2.24) is 0 Å². The molecule has 2 atom stereocenters. The SMILES string of the molecule is CCCCCCCCCCCCCCCCCCCCCCCCCCCCCCCCCCCCCC(=O)OC(COC(=O)CCCCCCCCC)COP(=O)(O)OCC[N+](C)(C)C. The maximum Gasteiger partial charge on any atom is 0.472 e. The van der Waals surface area contributed by atoms with Crippen LogP contribution in [0.3, 0.4) is 0 Å². The summed E-state index contributed by atoms with van der Waals surface area (Å²) < 4.78 is 34.3. The standard InChI is InChI=1S/C56H112NO8P/c1-6-8-10-12-14-15-16-17-18-19-20-21-22-23-24-25-26-27-28-29-30-31-32-33-34-35-36-37-38-39-40-41-43-45-47-49-56(59)65-54(53-64-66(60,61)63-51-50-57(3,4)5)52-62-55(58)48-46-44-42-13-11-9-7-2/h54H,6-53H2,1-5H3/p+1. The number of rotatable bonds is 54. The molecule has 9 nitrogen and oxygen atoms in total. The Kier molecular flexibility index (Phi) is 48.3. The number of likely N-dealkylation sites (N-methyl/N-ethyl adjacent to an activating group) is 1. The lowest BCUT2D eigenvalue weighted by molar-refractivity contribution is -0.870. The van der Waals surface area contributed by atoms with Crippen LogP contribution in [0.4, 0.5) is 0 Å². The van der Waals surface area contributed by atoms with Gasteiger partial charge in [-0.1, -0.05) is 271 Å². The van der Waals surface area contributed by atoms with Gasteiger partial charge in [-0.2, -0.15) is 0 Å². The van der Waals surface area contributed by atoms with E-state index < -0.39 is 26.5 Å². The van der Waals surface area contributed by atoms with Crippen LogP contribution < -0.4 is 0 Å². The molecular formula is C56H113NO8P+. The summed E-state index contributed by atoms with van der Waals surface area (Å²) in [5.74, 6) is -0.788. The van der Waals surface area contributed by atoms with E-state index in [-0.39, 0.29) is 25.6 Å². The average Bonchev–Trinajstić information content (AvgIpc) is 3.27. The third-order valence-corrected chi connectivity index (χ3v) is 14.1. The van der Waals surface area contributed by atoms with Crippen molar-refractivity contribution in [2.24, 2.45) is 0 Å². The highest BCUT2D eigenvalue weighted by Gasteiger charge is 2.27. The average molecular weight is 959 g/mol. The quantitative estimate of drug-likeness (QED) is 0.0278. The van der Waals surface area contributed by atoms with Gasteiger partial charge in [0.15, 0.2) is 6.10 Å². The molecule has 394 valence electrons. The Hall–Kier alpha value is -0.990. The molecule has 0 fully saturated rings. The predicted octanol–water partition coefficient (Wildman–Crippen LogP) is 17.5. The van der Waals surface area contributed by atoms with Crippen LogP contribution in [0.15, 0.2) is 0 Å². The second-order valence-corrected chi connectivity index (χ2v) is 22.5. The number of carbonyl (C=O) groups excluding carboxylic acids is 2. The van der Waals surface area contributed by atoms with Gasteiger partial charge in [-0.25, -0.2) is 4.57 Å². The van der Waals surface area contributed by atoms with E-state index in [9.17, 15) is 19.0 Å². The topological polar surface area (TPSA) is 108 Å². The van der Waals surface area contributed by atoms with E-state index in [1.807, 2.05) is 21.1 Å². The number of esters is 2. The lowest BCUT2D eigenvalue weighted by Crippen LogP contribution is -2.37. The lowest BCUT2D eigenvalue weighted by Gasteiger charge is -2.24. The summed E-state index contributed by atoms with van der Waals surface area (Å²) in [4.78, 5) is 35.3. The molecule has 0 rings (SSSR count). The zero-order valence-electron chi connectivity index (χ0n) is 44.7. The Morgan fingerprint density at radius 3 is 0.970 bits per heavy atom. The van der Waals surface area contributed by atoms with E-state index in [0.717, 1.165) is 38.5 Å². The predicted molar refractivity (Wildman–Crippen MR) is 280 cm³/mol. The van der Waals surface area contributed by atoms with Crippen molar-refractivity contribution in [2.75, 3.05) is 47.5 Å². The fraction of sp³-hybridized carbons (Fsp3) is 0.964. The molecular weight excluding hydrogens is 846 g/mol. The summed E-state index contributed by atoms with van der Waals surface area (Å²) in [5.41, 5.74) is 0. The minimum Gasteiger partial charge on any atom is -0.462 e. The van der Waals surface area contributed by atoms with Gasteiger partial charge in [-0.15, -0.1) is 0 Å². The van der Waals surface area contributed by atoms with Gasteiger partial charge in [0.25, 0.3) is 0 Å². The number of ether oxygens (including phenoxy) is 2. The normalized spacial score (nSPS) is 13.2. The van der Waals surface area contributed by atoms with E-state index in [2.05, 4.69) is 13.8 Å². The molecule has 1 N–H and O–H groups in total. The monoisotopic (exact) mass is 959 g/mol. The molecule has 66 heavy (non-hydrogen) atoms. The largest absolute Gasteiger partial charge is 0.472 e. The number of unbranched alkanes of at least 4 members (excludes halogenated alkanes) is 40. The number of phosphoric ester groups is 1. The maximum absolute atomic E-state index is 12.7. The molecule has 0 heterocycles. The molecule has 0 saturated heterocycles. The molecule has 0 aliphatic rings. The van der Waals surface area contributed by atoms with Crippen LogP contribution in [0.5, 0.6) is 0 Å². The molecule has 0 saturated carbocycles. The molecule has 0 aromatic carbocycles. The van der Waals surface area contributed by atoms with Gasteiger partial charge in [0.1, 0.15) is 19.8 Å². The van der Waals surface area contributed by atoms with Crippen LogP contribution in [0, 0.1) is 0 Å². The van der Waals surface area contributed by atoms with Crippen molar-refractivity contribution < 1.29 is 42.1 Å². The Labute approximate surface area is 410 Å². The van der Waals surface area contributed by atoms with Crippen molar-refractivity contribution in [1.29, 1.82) is 0 Å². The van der Waals surface area contributed by atoms with Crippen LogP contribution in [0.1, 0.15) is 296 Å². The first-order valence-corrected chi connectivity index (χ1v) is 30.3. The highest BCUT2D eigenvalue weighted by Crippen LogP contribution is 2.43. The molecule has 0 aliphatic carbocycles. The lowest BCUT2D eigenvalue weighted by atomic mass is 10.0. The Balaban J connectivity index is 3.78. The van der Waals surface area contributed by atoms with E-state index in [4.69, 9.17) is 18.5 Å². The van der Waals surface area contributed by atoms with E-state index in [1.54, 1.807) is 0 Å². The van der Waals surface area contributed by atoms with Gasteiger partial charge >= 0.3 is 19.8 Å². The molecule has 0 radical (unpaired) electrons. The zero-order chi connectivity index (χ0) is 48.5. The number of quaternary nitrogens is 1. The Bertz CT molecular complexity index is 1080. The highest BCUT2D eigenvalue weighted by molar-refractivity contribution is 7.47. The molecule has 0 bridgehead atoms. The van der Waals surface area contributed by atoms with Crippen LogP contribution in [-0.2, 0) is 32.7 Å². The van der Waals surface area contributed by atoms with Crippen LogP contribution >= 0.6 is 7.82 Å².